The molecule has 35 heavy (non-hydrogen) atoms. The highest BCUT2D eigenvalue weighted by atomic mass is 16.7. The Kier molecular flexibility index (Phi) is 9.80. The van der Waals surface area contributed by atoms with Gasteiger partial charge in [0.15, 0.2) is 6.29 Å². The maximum Gasteiger partial charge on any atom is 0.186 e. The van der Waals surface area contributed by atoms with Crippen LogP contribution in [0.2, 0.25) is 0 Å². The monoisotopic (exact) mass is 487 g/mol. The molecule has 5 atom stereocenters. The second-order valence-electron chi connectivity index (χ2n) is 9.34. The van der Waals surface area contributed by atoms with Gasteiger partial charge in [-0.2, -0.15) is 0 Å². The van der Waals surface area contributed by atoms with E-state index in [-0.39, 0.29) is 13.2 Å². The molecule has 2 aromatic carbocycles. The van der Waals surface area contributed by atoms with Crippen LogP contribution in [0.4, 0.5) is 5.69 Å². The minimum absolute atomic E-state index is 0.0792. The molecule has 4 N–H and O–H groups in total. The van der Waals surface area contributed by atoms with Gasteiger partial charge >= 0.3 is 0 Å². The molecule has 3 rings (SSSR count). The van der Waals surface area contributed by atoms with Crippen LogP contribution in [0.5, 0.6) is 5.75 Å². The Morgan fingerprint density at radius 3 is 2.09 bits per heavy atom. The minimum atomic E-state index is -1.47. The lowest BCUT2D eigenvalue weighted by Gasteiger charge is -2.39. The van der Waals surface area contributed by atoms with Crippen LogP contribution < -0.4 is 4.74 Å². The average molecular weight is 488 g/mol. The molecule has 8 heteroatoms. The van der Waals surface area contributed by atoms with Crippen LogP contribution in [-0.4, -0.2) is 77.2 Å². The molecule has 8 nitrogen and oxygen atoms in total. The summed E-state index contributed by atoms with van der Waals surface area (Å²) in [6.45, 7) is 8.45. The third kappa shape index (κ3) is 6.88. The number of aliphatic hydroxyl groups excluding tert-OH is 4. The van der Waals surface area contributed by atoms with Crippen LogP contribution in [0, 0.1) is 0 Å². The average Bonchev–Trinajstić information content (AvgIpc) is 2.85. The van der Waals surface area contributed by atoms with E-state index in [1.165, 1.54) is 11.1 Å². The fourth-order valence-corrected chi connectivity index (χ4v) is 3.98. The summed E-state index contributed by atoms with van der Waals surface area (Å²) in [5, 5.41) is 38.9. The highest BCUT2D eigenvalue weighted by Gasteiger charge is 2.43. The summed E-state index contributed by atoms with van der Waals surface area (Å²) in [7, 11) is 0. The molecule has 2 unspecified atom stereocenters. The number of aliphatic imine (C=N–C) groups is 1. The molecule has 0 amide bonds. The van der Waals surface area contributed by atoms with Crippen molar-refractivity contribution in [2.24, 2.45) is 4.99 Å². The van der Waals surface area contributed by atoms with Crippen LogP contribution in [-0.2, 0) is 9.47 Å². The first-order valence-corrected chi connectivity index (χ1v) is 12.0. The van der Waals surface area contributed by atoms with Crippen molar-refractivity contribution in [2.45, 2.75) is 70.2 Å². The van der Waals surface area contributed by atoms with E-state index in [2.05, 4.69) is 45.9 Å². The van der Waals surface area contributed by atoms with E-state index in [0.717, 1.165) is 11.3 Å². The smallest absolute Gasteiger partial charge is 0.186 e. The standard InChI is InChI=1S/C27H37NO7/c1-16(2)20-6-5-7-21(17(3)4)23(20)28-14-18-8-10-19(11-9-18)33-12-13-34-27-26(32)25(31)24(30)22(15-29)35-27/h5-11,14,16-17,22,24-27,29-32H,12-13,15H2,1-4H3/t22?,24-,25?,26+,27-/m0/s1. The third-order valence-corrected chi connectivity index (χ3v) is 6.05. The molecular weight excluding hydrogens is 450 g/mol. The van der Waals surface area contributed by atoms with Crippen LogP contribution in [0.15, 0.2) is 47.5 Å². The van der Waals surface area contributed by atoms with Gasteiger partial charge in [-0.1, -0.05) is 45.9 Å². The Labute approximate surface area is 206 Å². The zero-order chi connectivity index (χ0) is 25.5. The number of hydrogen-bond acceptors (Lipinski definition) is 8. The summed E-state index contributed by atoms with van der Waals surface area (Å²) >= 11 is 0. The van der Waals surface area contributed by atoms with Crippen molar-refractivity contribution in [1.29, 1.82) is 0 Å². The first-order chi connectivity index (χ1) is 16.7. The largest absolute Gasteiger partial charge is 0.491 e. The van der Waals surface area contributed by atoms with Crippen molar-refractivity contribution in [3.05, 3.63) is 59.2 Å². The van der Waals surface area contributed by atoms with Gasteiger partial charge in [0.05, 0.1) is 18.9 Å². The summed E-state index contributed by atoms with van der Waals surface area (Å²) < 4.78 is 16.4. The van der Waals surface area contributed by atoms with E-state index in [1.54, 1.807) is 0 Å². The summed E-state index contributed by atoms with van der Waals surface area (Å²) in [6.07, 6.45) is -4.62. The van der Waals surface area contributed by atoms with Crippen molar-refractivity contribution < 1.29 is 34.6 Å². The van der Waals surface area contributed by atoms with Crippen LogP contribution in [0.25, 0.3) is 0 Å². The van der Waals surface area contributed by atoms with Crippen molar-refractivity contribution in [1.82, 2.24) is 0 Å². The summed E-state index contributed by atoms with van der Waals surface area (Å²) in [6, 6.07) is 13.9. The van der Waals surface area contributed by atoms with Crippen molar-refractivity contribution >= 4 is 11.9 Å². The Bertz CT molecular complexity index is 932. The van der Waals surface area contributed by atoms with Crippen LogP contribution in [0.3, 0.4) is 0 Å². The molecule has 1 heterocycles. The normalized spacial score (nSPS) is 25.0. The van der Waals surface area contributed by atoms with Gasteiger partial charge in [0.1, 0.15) is 36.8 Å². The lowest BCUT2D eigenvalue weighted by atomic mass is 9.93. The van der Waals surface area contributed by atoms with Gasteiger partial charge in [0.25, 0.3) is 0 Å². The molecule has 192 valence electrons. The van der Waals surface area contributed by atoms with Crippen molar-refractivity contribution in [2.75, 3.05) is 19.8 Å². The molecule has 1 aliphatic rings. The van der Waals surface area contributed by atoms with E-state index >= 15 is 0 Å². The Balaban J connectivity index is 1.55. The molecule has 0 aromatic heterocycles. The fraction of sp³-hybridized carbons (Fsp3) is 0.519. The van der Waals surface area contributed by atoms with Gasteiger partial charge in [-0.25, -0.2) is 0 Å². The number of ether oxygens (including phenoxy) is 3. The fourth-order valence-electron chi connectivity index (χ4n) is 3.98. The highest BCUT2D eigenvalue weighted by molar-refractivity contribution is 5.83. The van der Waals surface area contributed by atoms with E-state index in [0.29, 0.717) is 17.6 Å². The van der Waals surface area contributed by atoms with E-state index in [1.807, 2.05) is 30.5 Å². The van der Waals surface area contributed by atoms with Gasteiger partial charge < -0.3 is 34.6 Å². The molecule has 0 bridgehead atoms. The Morgan fingerprint density at radius 2 is 1.51 bits per heavy atom. The molecule has 0 spiro atoms. The molecule has 0 saturated carbocycles. The molecule has 1 aliphatic heterocycles. The van der Waals surface area contributed by atoms with Gasteiger partial charge in [0.2, 0.25) is 0 Å². The number of aliphatic hydroxyl groups is 4. The quantitative estimate of drug-likeness (QED) is 0.300. The number of benzene rings is 2. The number of nitrogens with zero attached hydrogens (tertiary/aromatic N) is 1. The summed E-state index contributed by atoms with van der Waals surface area (Å²) in [5.74, 6) is 1.40. The predicted octanol–water partition coefficient (Wildman–Crippen LogP) is 2.88. The first-order valence-electron chi connectivity index (χ1n) is 12.0. The molecule has 2 aromatic rings. The first kappa shape index (κ1) is 27.3. The zero-order valence-electron chi connectivity index (χ0n) is 20.7. The van der Waals surface area contributed by atoms with Crippen molar-refractivity contribution in [3.63, 3.8) is 0 Å². The lowest BCUT2D eigenvalue weighted by molar-refractivity contribution is -0.301. The number of hydrogen-bond donors (Lipinski definition) is 4. The van der Waals surface area contributed by atoms with Crippen LogP contribution >= 0.6 is 0 Å². The zero-order valence-corrected chi connectivity index (χ0v) is 20.7. The number of para-hydroxylation sites is 1. The number of rotatable bonds is 10. The highest BCUT2D eigenvalue weighted by Crippen LogP contribution is 2.34. The van der Waals surface area contributed by atoms with E-state index in [4.69, 9.17) is 19.2 Å². The van der Waals surface area contributed by atoms with E-state index < -0.39 is 37.3 Å². The Hall–Kier alpha value is -2.33. The maximum absolute atomic E-state index is 10.0. The Morgan fingerprint density at radius 1 is 0.886 bits per heavy atom. The van der Waals surface area contributed by atoms with Gasteiger partial charge in [0, 0.05) is 6.21 Å². The predicted molar refractivity (Wildman–Crippen MR) is 134 cm³/mol. The summed E-state index contributed by atoms with van der Waals surface area (Å²) in [5.41, 5.74) is 4.44. The molecule has 1 fully saturated rings. The van der Waals surface area contributed by atoms with Gasteiger partial charge in [-0.05, 0) is 52.8 Å². The van der Waals surface area contributed by atoms with Gasteiger partial charge in [-0.3, -0.25) is 4.99 Å². The topological polar surface area (TPSA) is 121 Å². The second kappa shape index (κ2) is 12.6. The third-order valence-electron chi connectivity index (χ3n) is 6.05. The molecule has 0 aliphatic carbocycles. The second-order valence-corrected chi connectivity index (χ2v) is 9.34. The summed E-state index contributed by atoms with van der Waals surface area (Å²) in [4.78, 5) is 4.83. The molecule has 0 radical (unpaired) electrons. The lowest BCUT2D eigenvalue weighted by Crippen LogP contribution is -2.59. The maximum atomic E-state index is 10.0. The molecular formula is C27H37NO7. The van der Waals surface area contributed by atoms with Gasteiger partial charge in [-0.15, -0.1) is 0 Å². The SMILES string of the molecule is CC(C)c1cccc(C(C)C)c1N=Cc1ccc(OCCO[C@H]2OC(CO)[C@H](O)C(O)[C@H]2O)cc1. The minimum Gasteiger partial charge on any atom is -0.491 e. The van der Waals surface area contributed by atoms with E-state index in [9.17, 15) is 20.4 Å². The molecule has 1 saturated heterocycles. The van der Waals surface area contributed by atoms with Crippen LogP contribution in [0.1, 0.15) is 56.2 Å². The van der Waals surface area contributed by atoms with Crippen molar-refractivity contribution in [3.8, 4) is 5.75 Å².